The average molecular weight is 568 g/mol. The highest BCUT2D eigenvalue weighted by Gasteiger charge is 2.32. The first-order chi connectivity index (χ1) is 17.5. The monoisotopic (exact) mass is 566 g/mol. The maximum absolute atomic E-state index is 13.8. The number of halogens is 2. The van der Waals surface area contributed by atoms with Crippen molar-refractivity contribution in [3.63, 3.8) is 0 Å². The molecule has 6 heteroatoms. The van der Waals surface area contributed by atoms with Gasteiger partial charge in [0.2, 0.25) is 11.8 Å². The predicted molar refractivity (Wildman–Crippen MR) is 149 cm³/mol. The van der Waals surface area contributed by atoms with Gasteiger partial charge in [-0.1, -0.05) is 101 Å². The standard InChI is InChI=1S/C30H32BrClN2O2/c31-25-13-7-12-24(17-25)21-34(29(35)20-23-11-8-14-26(32)18-23)28(19-22-9-3-1-4-10-22)30(36)33-27-15-5-2-6-16-27/h1,3-4,7-14,17-18,27-28H,2,5-6,15-16,19-21H2,(H,33,36)/t28-/m1/s1. The van der Waals surface area contributed by atoms with Gasteiger partial charge < -0.3 is 10.2 Å². The van der Waals surface area contributed by atoms with Crippen LogP contribution in [0, 0.1) is 0 Å². The number of carbonyl (C=O) groups excluding carboxylic acids is 2. The van der Waals surface area contributed by atoms with Crippen LogP contribution in [0.4, 0.5) is 0 Å². The Labute approximate surface area is 227 Å². The van der Waals surface area contributed by atoms with Gasteiger partial charge in [-0.25, -0.2) is 0 Å². The normalized spacial score (nSPS) is 14.7. The molecule has 0 radical (unpaired) electrons. The van der Waals surface area contributed by atoms with Crippen molar-refractivity contribution in [2.45, 2.75) is 63.6 Å². The van der Waals surface area contributed by atoms with Gasteiger partial charge in [-0.2, -0.15) is 0 Å². The molecule has 0 bridgehead atoms. The molecule has 1 saturated carbocycles. The number of carbonyl (C=O) groups is 2. The summed E-state index contributed by atoms with van der Waals surface area (Å²) in [4.78, 5) is 29.4. The Morgan fingerprint density at radius 3 is 2.31 bits per heavy atom. The van der Waals surface area contributed by atoms with Gasteiger partial charge >= 0.3 is 0 Å². The van der Waals surface area contributed by atoms with Crippen molar-refractivity contribution in [1.29, 1.82) is 0 Å². The SMILES string of the molecule is O=C(NC1CCCCC1)[C@@H](Cc1ccccc1)N(Cc1cccc(Br)c1)C(=O)Cc1cccc(Cl)c1. The average Bonchev–Trinajstić information content (AvgIpc) is 2.87. The maximum atomic E-state index is 13.8. The highest BCUT2D eigenvalue weighted by Crippen LogP contribution is 2.22. The number of hydrogen-bond donors (Lipinski definition) is 1. The molecular formula is C30H32BrClN2O2. The number of nitrogens with zero attached hydrogens (tertiary/aromatic N) is 1. The number of nitrogens with one attached hydrogen (secondary N) is 1. The van der Waals surface area contributed by atoms with Crippen LogP contribution in [0.2, 0.25) is 5.02 Å². The second kappa shape index (κ2) is 13.1. The van der Waals surface area contributed by atoms with Crippen LogP contribution in [-0.2, 0) is 29.0 Å². The molecule has 0 aliphatic heterocycles. The third kappa shape index (κ3) is 7.68. The summed E-state index contributed by atoms with van der Waals surface area (Å²) in [5.41, 5.74) is 2.82. The van der Waals surface area contributed by atoms with E-state index in [9.17, 15) is 9.59 Å². The Bertz CT molecular complexity index is 1160. The van der Waals surface area contributed by atoms with E-state index in [0.29, 0.717) is 18.0 Å². The molecule has 0 unspecified atom stereocenters. The van der Waals surface area contributed by atoms with Crippen molar-refractivity contribution < 1.29 is 9.59 Å². The van der Waals surface area contributed by atoms with Crippen LogP contribution in [0.25, 0.3) is 0 Å². The van der Waals surface area contributed by atoms with E-state index in [4.69, 9.17) is 11.6 Å². The minimum Gasteiger partial charge on any atom is -0.352 e. The number of hydrogen-bond acceptors (Lipinski definition) is 2. The molecule has 188 valence electrons. The first-order valence-electron chi connectivity index (χ1n) is 12.6. The molecule has 0 saturated heterocycles. The van der Waals surface area contributed by atoms with Crippen LogP contribution in [0.3, 0.4) is 0 Å². The Balaban J connectivity index is 1.65. The van der Waals surface area contributed by atoms with E-state index in [0.717, 1.165) is 46.8 Å². The van der Waals surface area contributed by atoms with Gasteiger partial charge in [0.05, 0.1) is 6.42 Å². The van der Waals surface area contributed by atoms with E-state index < -0.39 is 6.04 Å². The third-order valence-electron chi connectivity index (χ3n) is 6.71. The largest absolute Gasteiger partial charge is 0.352 e. The van der Waals surface area contributed by atoms with E-state index in [1.54, 1.807) is 11.0 Å². The van der Waals surface area contributed by atoms with Crippen molar-refractivity contribution in [1.82, 2.24) is 10.2 Å². The molecule has 1 aliphatic rings. The molecular weight excluding hydrogens is 536 g/mol. The smallest absolute Gasteiger partial charge is 0.243 e. The lowest BCUT2D eigenvalue weighted by molar-refractivity contribution is -0.141. The lowest BCUT2D eigenvalue weighted by atomic mass is 9.94. The van der Waals surface area contributed by atoms with E-state index in [-0.39, 0.29) is 24.3 Å². The van der Waals surface area contributed by atoms with E-state index >= 15 is 0 Å². The van der Waals surface area contributed by atoms with Crippen LogP contribution in [0.1, 0.15) is 48.8 Å². The first kappa shape index (κ1) is 26.4. The quantitative estimate of drug-likeness (QED) is 0.312. The zero-order chi connectivity index (χ0) is 25.3. The fraction of sp³-hybridized carbons (Fsp3) is 0.333. The Morgan fingerprint density at radius 1 is 0.889 bits per heavy atom. The van der Waals surface area contributed by atoms with Gasteiger partial charge in [-0.15, -0.1) is 0 Å². The molecule has 0 heterocycles. The molecule has 1 N–H and O–H groups in total. The van der Waals surface area contributed by atoms with Gasteiger partial charge in [-0.3, -0.25) is 9.59 Å². The summed E-state index contributed by atoms with van der Waals surface area (Å²) in [5, 5.41) is 3.87. The van der Waals surface area contributed by atoms with Crippen LogP contribution in [0.15, 0.2) is 83.3 Å². The summed E-state index contributed by atoms with van der Waals surface area (Å²) in [7, 11) is 0. The molecule has 1 aliphatic carbocycles. The van der Waals surface area contributed by atoms with Gasteiger partial charge in [0.15, 0.2) is 0 Å². The molecule has 4 nitrogen and oxygen atoms in total. The van der Waals surface area contributed by atoms with Crippen LogP contribution < -0.4 is 5.32 Å². The van der Waals surface area contributed by atoms with Crippen molar-refractivity contribution in [2.75, 3.05) is 0 Å². The number of rotatable bonds is 9. The van der Waals surface area contributed by atoms with E-state index in [1.165, 1.54) is 6.42 Å². The van der Waals surface area contributed by atoms with E-state index in [1.807, 2.05) is 72.8 Å². The summed E-state index contributed by atoms with van der Waals surface area (Å²) in [6, 6.07) is 24.7. The summed E-state index contributed by atoms with van der Waals surface area (Å²) in [6.45, 7) is 0.342. The predicted octanol–water partition coefficient (Wildman–Crippen LogP) is 6.73. The molecule has 2 amide bonds. The lowest BCUT2D eigenvalue weighted by Gasteiger charge is -2.33. The van der Waals surface area contributed by atoms with Crippen molar-refractivity contribution in [3.8, 4) is 0 Å². The molecule has 0 spiro atoms. The summed E-state index contributed by atoms with van der Waals surface area (Å²) >= 11 is 9.73. The minimum atomic E-state index is -0.625. The van der Waals surface area contributed by atoms with E-state index in [2.05, 4.69) is 21.2 Å². The molecule has 0 aromatic heterocycles. The second-order valence-electron chi connectivity index (χ2n) is 9.51. The second-order valence-corrected chi connectivity index (χ2v) is 10.9. The van der Waals surface area contributed by atoms with Crippen LogP contribution >= 0.6 is 27.5 Å². The minimum absolute atomic E-state index is 0.0832. The Kier molecular flexibility index (Phi) is 9.60. The highest BCUT2D eigenvalue weighted by atomic mass is 79.9. The lowest BCUT2D eigenvalue weighted by Crippen LogP contribution is -2.53. The molecule has 3 aromatic rings. The molecule has 3 aromatic carbocycles. The maximum Gasteiger partial charge on any atom is 0.243 e. The fourth-order valence-corrected chi connectivity index (χ4v) is 5.51. The number of amides is 2. The van der Waals surface area contributed by atoms with Gasteiger partial charge in [0.25, 0.3) is 0 Å². The zero-order valence-electron chi connectivity index (χ0n) is 20.3. The summed E-state index contributed by atoms with van der Waals surface area (Å²) < 4.78 is 0.938. The Hall–Kier alpha value is -2.63. The van der Waals surface area contributed by atoms with Crippen LogP contribution in [-0.4, -0.2) is 28.8 Å². The van der Waals surface area contributed by atoms with Gasteiger partial charge in [-0.05, 0) is 53.8 Å². The fourth-order valence-electron chi connectivity index (χ4n) is 4.85. The summed E-state index contributed by atoms with van der Waals surface area (Å²) in [5.74, 6) is -0.183. The molecule has 1 atom stereocenters. The summed E-state index contributed by atoms with van der Waals surface area (Å²) in [6.07, 6.45) is 6.09. The van der Waals surface area contributed by atoms with Crippen LogP contribution in [0.5, 0.6) is 0 Å². The molecule has 1 fully saturated rings. The molecule has 36 heavy (non-hydrogen) atoms. The first-order valence-corrected chi connectivity index (χ1v) is 13.8. The molecule has 4 rings (SSSR count). The van der Waals surface area contributed by atoms with Gasteiger partial charge in [0.1, 0.15) is 6.04 Å². The number of benzene rings is 3. The van der Waals surface area contributed by atoms with Crippen molar-refractivity contribution in [3.05, 3.63) is 105 Å². The van der Waals surface area contributed by atoms with Crippen molar-refractivity contribution >= 4 is 39.3 Å². The highest BCUT2D eigenvalue weighted by molar-refractivity contribution is 9.10. The van der Waals surface area contributed by atoms with Crippen molar-refractivity contribution in [2.24, 2.45) is 0 Å². The Morgan fingerprint density at radius 2 is 1.58 bits per heavy atom. The van der Waals surface area contributed by atoms with Gasteiger partial charge in [0, 0.05) is 28.5 Å². The third-order valence-corrected chi connectivity index (χ3v) is 7.44. The zero-order valence-corrected chi connectivity index (χ0v) is 22.7. The topological polar surface area (TPSA) is 49.4 Å².